The summed E-state index contributed by atoms with van der Waals surface area (Å²) in [4.78, 5) is 26.6. The lowest BCUT2D eigenvalue weighted by Crippen LogP contribution is -2.46. The number of nitrogens with zero attached hydrogens (tertiary/aromatic N) is 2. The van der Waals surface area contributed by atoms with Crippen LogP contribution in [-0.4, -0.2) is 30.5 Å². The summed E-state index contributed by atoms with van der Waals surface area (Å²) in [6.45, 7) is 1.52. The molecule has 9 heteroatoms. The van der Waals surface area contributed by atoms with E-state index < -0.39 is 29.6 Å². The number of hydrogen-bond acceptors (Lipinski definition) is 4. The second-order valence-electron chi connectivity index (χ2n) is 6.54. The molecule has 1 aliphatic heterocycles. The normalized spacial score (nSPS) is 16.0. The van der Waals surface area contributed by atoms with Gasteiger partial charge in [0.15, 0.2) is 18.2 Å². The maximum Gasteiger partial charge on any atom is 0.322 e. The minimum Gasteiger partial charge on any atom is -0.479 e. The summed E-state index contributed by atoms with van der Waals surface area (Å²) in [5.74, 6) is -2.21. The number of ether oxygens (including phenoxy) is 1. The first-order valence-corrected chi connectivity index (χ1v) is 8.93. The Morgan fingerprint density at radius 2 is 1.93 bits per heavy atom. The minimum atomic E-state index is -1.09. The average Bonchev–Trinajstić information content (AvgIpc) is 2.73. The van der Waals surface area contributed by atoms with Crippen molar-refractivity contribution in [3.8, 4) is 11.8 Å². The van der Waals surface area contributed by atoms with Crippen LogP contribution in [0, 0.1) is 23.0 Å². The molecule has 0 spiro atoms. The fourth-order valence-electron chi connectivity index (χ4n) is 3.02. The molecule has 2 N–H and O–H groups in total. The predicted octanol–water partition coefficient (Wildman–Crippen LogP) is 3.48. The molecule has 0 fully saturated rings. The molecule has 0 bridgehead atoms. The zero-order chi connectivity index (χ0) is 21.8. The van der Waals surface area contributed by atoms with E-state index in [4.69, 9.17) is 10.00 Å². The lowest BCUT2D eigenvalue weighted by atomic mass is 9.94. The van der Waals surface area contributed by atoms with E-state index in [2.05, 4.69) is 10.6 Å². The van der Waals surface area contributed by atoms with Crippen LogP contribution in [0.1, 0.15) is 18.5 Å². The van der Waals surface area contributed by atoms with Crippen LogP contribution < -0.4 is 15.4 Å². The SMILES string of the molecule is CC1=C(C(=O)Nc2ccc(F)c(F)c2)[C@@H](c2ccc(OCC#N)cc2)NC(=O)N1C. The standard InChI is InChI=1S/C21H18F2N4O3/c1-12-18(20(28)25-14-5-8-16(22)17(23)11-14)19(26-21(29)27(12)2)13-3-6-15(7-4-13)30-10-9-24/h3-8,11,19H,10H2,1-2H3,(H,25,28)(H,26,29)/t19-/m1/s1. The number of halogens is 2. The third kappa shape index (κ3) is 4.22. The van der Waals surface area contributed by atoms with Gasteiger partial charge in [-0.05, 0) is 36.8 Å². The maximum absolute atomic E-state index is 13.5. The van der Waals surface area contributed by atoms with Crippen molar-refractivity contribution in [3.05, 3.63) is 70.9 Å². The Balaban J connectivity index is 1.93. The Kier molecular flexibility index (Phi) is 5.97. The molecule has 0 aromatic heterocycles. The van der Waals surface area contributed by atoms with Gasteiger partial charge in [0, 0.05) is 24.5 Å². The van der Waals surface area contributed by atoms with E-state index in [0.29, 0.717) is 17.0 Å². The zero-order valence-corrected chi connectivity index (χ0v) is 16.2. The molecule has 0 aliphatic carbocycles. The molecule has 3 rings (SSSR count). The van der Waals surface area contributed by atoms with E-state index >= 15 is 0 Å². The molecule has 2 aromatic carbocycles. The Morgan fingerprint density at radius 1 is 1.23 bits per heavy atom. The molecular weight excluding hydrogens is 394 g/mol. The van der Waals surface area contributed by atoms with Crippen LogP contribution in [0.15, 0.2) is 53.7 Å². The van der Waals surface area contributed by atoms with Crippen molar-refractivity contribution in [1.82, 2.24) is 10.2 Å². The van der Waals surface area contributed by atoms with E-state index in [1.165, 1.54) is 18.0 Å². The van der Waals surface area contributed by atoms with Gasteiger partial charge in [-0.3, -0.25) is 4.79 Å². The third-order valence-electron chi connectivity index (χ3n) is 4.69. The van der Waals surface area contributed by atoms with Crippen LogP contribution in [0.4, 0.5) is 19.3 Å². The van der Waals surface area contributed by atoms with Gasteiger partial charge in [0.2, 0.25) is 0 Å². The van der Waals surface area contributed by atoms with E-state index in [9.17, 15) is 18.4 Å². The molecule has 7 nitrogen and oxygen atoms in total. The number of rotatable bonds is 5. The Morgan fingerprint density at radius 3 is 2.57 bits per heavy atom. The molecule has 0 saturated carbocycles. The van der Waals surface area contributed by atoms with Gasteiger partial charge in [-0.1, -0.05) is 12.1 Å². The van der Waals surface area contributed by atoms with Crippen LogP contribution in [0.25, 0.3) is 0 Å². The van der Waals surface area contributed by atoms with Gasteiger partial charge < -0.3 is 20.3 Å². The Hall–Kier alpha value is -3.93. The molecular formula is C21H18F2N4O3. The van der Waals surface area contributed by atoms with Crippen molar-refractivity contribution in [2.24, 2.45) is 0 Å². The van der Waals surface area contributed by atoms with E-state index in [-0.39, 0.29) is 17.9 Å². The van der Waals surface area contributed by atoms with Gasteiger partial charge in [-0.15, -0.1) is 0 Å². The molecule has 0 unspecified atom stereocenters. The van der Waals surface area contributed by atoms with Crippen molar-refractivity contribution < 1.29 is 23.1 Å². The molecule has 154 valence electrons. The smallest absolute Gasteiger partial charge is 0.322 e. The lowest BCUT2D eigenvalue weighted by Gasteiger charge is -2.33. The van der Waals surface area contributed by atoms with E-state index in [1.807, 2.05) is 6.07 Å². The first kappa shape index (κ1) is 20.8. The average molecular weight is 412 g/mol. The number of carbonyl (C=O) groups excluding carboxylic acids is 2. The zero-order valence-electron chi connectivity index (χ0n) is 16.2. The van der Waals surface area contributed by atoms with Crippen LogP contribution in [-0.2, 0) is 4.79 Å². The molecule has 1 heterocycles. The minimum absolute atomic E-state index is 0.0813. The number of carbonyl (C=O) groups is 2. The highest BCUT2D eigenvalue weighted by molar-refractivity contribution is 6.06. The van der Waals surface area contributed by atoms with E-state index in [0.717, 1.165) is 12.1 Å². The number of allylic oxidation sites excluding steroid dienone is 1. The highest BCUT2D eigenvalue weighted by Crippen LogP contribution is 2.31. The largest absolute Gasteiger partial charge is 0.479 e. The molecule has 2 aromatic rings. The van der Waals surface area contributed by atoms with Crippen molar-refractivity contribution in [2.45, 2.75) is 13.0 Å². The van der Waals surface area contributed by atoms with Crippen LogP contribution >= 0.6 is 0 Å². The molecule has 1 atom stereocenters. The first-order chi connectivity index (χ1) is 14.3. The van der Waals surface area contributed by atoms with Gasteiger partial charge in [-0.2, -0.15) is 5.26 Å². The van der Waals surface area contributed by atoms with Gasteiger partial charge in [0.25, 0.3) is 5.91 Å². The van der Waals surface area contributed by atoms with Crippen molar-refractivity contribution in [3.63, 3.8) is 0 Å². The molecule has 1 aliphatic rings. The fraction of sp³-hybridized carbons (Fsp3) is 0.190. The quantitative estimate of drug-likeness (QED) is 0.786. The summed E-state index contributed by atoms with van der Waals surface area (Å²) >= 11 is 0. The summed E-state index contributed by atoms with van der Waals surface area (Å²) in [5.41, 5.74) is 1.34. The molecule has 0 radical (unpaired) electrons. The Labute approximate surface area is 171 Å². The first-order valence-electron chi connectivity index (χ1n) is 8.93. The van der Waals surface area contributed by atoms with Gasteiger partial charge >= 0.3 is 6.03 Å². The third-order valence-corrected chi connectivity index (χ3v) is 4.69. The van der Waals surface area contributed by atoms with Crippen molar-refractivity contribution >= 4 is 17.6 Å². The fourth-order valence-corrected chi connectivity index (χ4v) is 3.02. The number of nitriles is 1. The van der Waals surface area contributed by atoms with Crippen molar-refractivity contribution in [2.75, 3.05) is 19.0 Å². The number of hydrogen-bond donors (Lipinski definition) is 2. The van der Waals surface area contributed by atoms with Crippen LogP contribution in [0.3, 0.4) is 0 Å². The van der Waals surface area contributed by atoms with E-state index in [1.54, 1.807) is 31.2 Å². The highest BCUT2D eigenvalue weighted by atomic mass is 19.2. The number of amides is 3. The topological polar surface area (TPSA) is 94.5 Å². The summed E-state index contributed by atoms with van der Waals surface area (Å²) in [7, 11) is 1.52. The summed E-state index contributed by atoms with van der Waals surface area (Å²) in [5, 5.41) is 13.9. The molecule has 3 amide bonds. The predicted molar refractivity (Wildman–Crippen MR) is 104 cm³/mol. The monoisotopic (exact) mass is 412 g/mol. The number of benzene rings is 2. The van der Waals surface area contributed by atoms with Crippen LogP contribution in [0.5, 0.6) is 5.75 Å². The summed E-state index contributed by atoms with van der Waals surface area (Å²) < 4.78 is 31.9. The summed E-state index contributed by atoms with van der Waals surface area (Å²) in [6.07, 6.45) is 0. The van der Waals surface area contributed by atoms with Crippen LogP contribution in [0.2, 0.25) is 0 Å². The maximum atomic E-state index is 13.5. The molecule has 0 saturated heterocycles. The molecule has 30 heavy (non-hydrogen) atoms. The summed E-state index contributed by atoms with van der Waals surface area (Å²) in [6, 6.07) is 10.3. The Bertz CT molecular complexity index is 1060. The second-order valence-corrected chi connectivity index (χ2v) is 6.54. The van der Waals surface area contributed by atoms with Gasteiger partial charge in [0.1, 0.15) is 11.8 Å². The number of urea groups is 1. The van der Waals surface area contributed by atoms with Gasteiger partial charge in [-0.25, -0.2) is 13.6 Å². The number of nitrogens with one attached hydrogen (secondary N) is 2. The lowest BCUT2D eigenvalue weighted by molar-refractivity contribution is -0.113. The van der Waals surface area contributed by atoms with Crippen molar-refractivity contribution in [1.29, 1.82) is 5.26 Å². The van der Waals surface area contributed by atoms with Gasteiger partial charge in [0.05, 0.1) is 11.6 Å². The highest BCUT2D eigenvalue weighted by Gasteiger charge is 2.34. The number of anilines is 1. The second kappa shape index (κ2) is 8.61.